The van der Waals surface area contributed by atoms with Gasteiger partial charge in [-0.05, 0) is 36.8 Å². The fraction of sp³-hybridized carbons (Fsp3) is 0.316. The first-order valence-electron chi connectivity index (χ1n) is 8.30. The molecule has 2 aromatic carbocycles. The van der Waals surface area contributed by atoms with Crippen LogP contribution in [0.3, 0.4) is 0 Å². The molecule has 0 aromatic heterocycles. The van der Waals surface area contributed by atoms with E-state index in [0.29, 0.717) is 17.1 Å². The number of hydrogen-bond donors (Lipinski definition) is 0. The molecule has 2 aliphatic rings. The molecule has 2 aromatic rings. The molecule has 1 saturated heterocycles. The summed E-state index contributed by atoms with van der Waals surface area (Å²) in [6.45, 7) is 3.54. The van der Waals surface area contributed by atoms with Crippen LogP contribution in [0.25, 0.3) is 0 Å². The second-order valence-electron chi connectivity index (χ2n) is 6.04. The third kappa shape index (κ3) is 2.89. The number of nitrogens with zero attached hydrogens (tertiary/aromatic N) is 2. The smallest absolute Gasteiger partial charge is 0.254 e. The first-order chi connectivity index (χ1) is 11.8. The van der Waals surface area contributed by atoms with Gasteiger partial charge in [0.1, 0.15) is 0 Å². The van der Waals surface area contributed by atoms with Gasteiger partial charge in [0.05, 0.1) is 0 Å². The first-order valence-corrected chi connectivity index (χ1v) is 8.30. The van der Waals surface area contributed by atoms with Gasteiger partial charge in [-0.2, -0.15) is 0 Å². The zero-order valence-electron chi connectivity index (χ0n) is 13.5. The molecule has 5 nitrogen and oxygen atoms in total. The number of benzene rings is 2. The van der Waals surface area contributed by atoms with Crippen molar-refractivity contribution in [2.45, 2.75) is 6.42 Å². The summed E-state index contributed by atoms with van der Waals surface area (Å²) in [5.74, 6) is 1.42. The van der Waals surface area contributed by atoms with Crippen LogP contribution >= 0.6 is 0 Å². The van der Waals surface area contributed by atoms with Crippen molar-refractivity contribution in [3.05, 3.63) is 54.1 Å². The largest absolute Gasteiger partial charge is 0.454 e. The molecule has 0 saturated carbocycles. The van der Waals surface area contributed by atoms with Gasteiger partial charge < -0.3 is 19.3 Å². The Kier molecular flexibility index (Phi) is 3.99. The quantitative estimate of drug-likeness (QED) is 0.852. The minimum absolute atomic E-state index is 0.0585. The Balaban J connectivity index is 1.46. The van der Waals surface area contributed by atoms with Gasteiger partial charge in [-0.15, -0.1) is 0 Å². The molecule has 0 N–H and O–H groups in total. The van der Waals surface area contributed by atoms with Gasteiger partial charge in [0.25, 0.3) is 5.91 Å². The number of anilines is 1. The van der Waals surface area contributed by atoms with Crippen molar-refractivity contribution in [1.29, 1.82) is 0 Å². The molecule has 0 atom stereocenters. The summed E-state index contributed by atoms with van der Waals surface area (Å²) < 4.78 is 10.7. The maximum atomic E-state index is 12.8. The highest BCUT2D eigenvalue weighted by Gasteiger charge is 2.22. The number of carbonyl (C=O) groups excluding carboxylic acids is 1. The number of ether oxygens (including phenoxy) is 2. The maximum absolute atomic E-state index is 12.8. The summed E-state index contributed by atoms with van der Waals surface area (Å²) >= 11 is 0. The van der Waals surface area contributed by atoms with E-state index in [1.807, 2.05) is 23.1 Å². The topological polar surface area (TPSA) is 42.0 Å². The third-order valence-corrected chi connectivity index (χ3v) is 4.52. The minimum Gasteiger partial charge on any atom is -0.454 e. The molecule has 5 heteroatoms. The zero-order chi connectivity index (χ0) is 16.4. The molecular formula is C19H20N2O3. The lowest BCUT2D eigenvalue weighted by Gasteiger charge is -2.23. The number of rotatable bonds is 2. The van der Waals surface area contributed by atoms with Gasteiger partial charge in [-0.1, -0.05) is 18.2 Å². The van der Waals surface area contributed by atoms with E-state index in [-0.39, 0.29) is 12.7 Å². The fourth-order valence-corrected chi connectivity index (χ4v) is 3.23. The molecule has 2 heterocycles. The van der Waals surface area contributed by atoms with E-state index < -0.39 is 0 Å². The number of fused-ring (bicyclic) bond motifs is 1. The molecule has 0 bridgehead atoms. The van der Waals surface area contributed by atoms with Crippen molar-refractivity contribution in [3.8, 4) is 11.5 Å². The Labute approximate surface area is 141 Å². The average Bonchev–Trinajstić information content (AvgIpc) is 2.96. The predicted octanol–water partition coefficient (Wildman–Crippen LogP) is 2.77. The minimum atomic E-state index is 0.0585. The van der Waals surface area contributed by atoms with Gasteiger partial charge >= 0.3 is 0 Å². The summed E-state index contributed by atoms with van der Waals surface area (Å²) in [6.07, 6.45) is 0.963. The Morgan fingerprint density at radius 3 is 2.58 bits per heavy atom. The lowest BCUT2D eigenvalue weighted by Crippen LogP contribution is -2.35. The molecule has 124 valence electrons. The van der Waals surface area contributed by atoms with Crippen LogP contribution in [0.2, 0.25) is 0 Å². The van der Waals surface area contributed by atoms with Crippen LogP contribution in [0, 0.1) is 0 Å². The highest BCUT2D eigenvalue weighted by Crippen LogP contribution is 2.32. The van der Waals surface area contributed by atoms with E-state index in [1.165, 1.54) is 5.69 Å². The summed E-state index contributed by atoms with van der Waals surface area (Å²) in [5.41, 5.74) is 1.88. The molecule has 0 radical (unpaired) electrons. The molecule has 0 spiro atoms. The van der Waals surface area contributed by atoms with Crippen LogP contribution in [0.1, 0.15) is 16.8 Å². The molecule has 24 heavy (non-hydrogen) atoms. The van der Waals surface area contributed by atoms with Gasteiger partial charge in [0.2, 0.25) is 6.79 Å². The molecule has 1 fully saturated rings. The van der Waals surface area contributed by atoms with Crippen LogP contribution in [0.4, 0.5) is 5.69 Å². The first kappa shape index (κ1) is 14.9. The van der Waals surface area contributed by atoms with Gasteiger partial charge in [-0.3, -0.25) is 4.79 Å². The van der Waals surface area contributed by atoms with Crippen molar-refractivity contribution < 1.29 is 14.3 Å². The molecule has 1 amide bonds. The van der Waals surface area contributed by atoms with Crippen LogP contribution < -0.4 is 14.4 Å². The Morgan fingerprint density at radius 1 is 0.875 bits per heavy atom. The maximum Gasteiger partial charge on any atom is 0.254 e. The number of hydrogen-bond acceptors (Lipinski definition) is 4. The summed E-state index contributed by atoms with van der Waals surface area (Å²) in [7, 11) is 0. The van der Waals surface area contributed by atoms with Crippen LogP contribution in [-0.2, 0) is 0 Å². The number of carbonyl (C=O) groups is 1. The lowest BCUT2D eigenvalue weighted by molar-refractivity contribution is 0.0766. The normalized spacial score (nSPS) is 16.8. The molecule has 2 aliphatic heterocycles. The van der Waals surface area contributed by atoms with Gasteiger partial charge in [0, 0.05) is 37.4 Å². The SMILES string of the molecule is O=C(c1ccc2c(c1)OCO2)N1CCCN(c2ccccc2)CC1. The summed E-state index contributed by atoms with van der Waals surface area (Å²) in [6, 6.07) is 15.8. The lowest BCUT2D eigenvalue weighted by atomic mass is 10.1. The third-order valence-electron chi connectivity index (χ3n) is 4.52. The fourth-order valence-electron chi connectivity index (χ4n) is 3.23. The Hall–Kier alpha value is -2.69. The second kappa shape index (κ2) is 6.43. The Bertz CT molecular complexity index is 733. The monoisotopic (exact) mass is 324 g/mol. The van der Waals surface area contributed by atoms with Crippen molar-refractivity contribution in [1.82, 2.24) is 4.90 Å². The predicted molar refractivity (Wildman–Crippen MR) is 91.7 cm³/mol. The van der Waals surface area contributed by atoms with Gasteiger partial charge in [-0.25, -0.2) is 0 Å². The van der Waals surface area contributed by atoms with Crippen LogP contribution in [0.15, 0.2) is 48.5 Å². The van der Waals surface area contributed by atoms with Crippen LogP contribution in [-0.4, -0.2) is 43.8 Å². The van der Waals surface area contributed by atoms with Crippen LogP contribution in [0.5, 0.6) is 11.5 Å². The second-order valence-corrected chi connectivity index (χ2v) is 6.04. The highest BCUT2D eigenvalue weighted by atomic mass is 16.7. The van der Waals surface area contributed by atoms with E-state index in [2.05, 4.69) is 29.2 Å². The molecule has 4 rings (SSSR count). The van der Waals surface area contributed by atoms with E-state index in [9.17, 15) is 4.79 Å². The number of para-hydroxylation sites is 1. The highest BCUT2D eigenvalue weighted by molar-refractivity contribution is 5.95. The average molecular weight is 324 g/mol. The van der Waals surface area contributed by atoms with E-state index >= 15 is 0 Å². The number of amides is 1. The van der Waals surface area contributed by atoms with E-state index in [0.717, 1.165) is 32.6 Å². The zero-order valence-corrected chi connectivity index (χ0v) is 13.5. The van der Waals surface area contributed by atoms with Gasteiger partial charge in [0.15, 0.2) is 11.5 Å². The van der Waals surface area contributed by atoms with Crippen molar-refractivity contribution in [2.24, 2.45) is 0 Å². The summed E-state index contributed by atoms with van der Waals surface area (Å²) in [5, 5.41) is 0. The van der Waals surface area contributed by atoms with Crippen molar-refractivity contribution in [2.75, 3.05) is 37.9 Å². The van der Waals surface area contributed by atoms with E-state index in [1.54, 1.807) is 6.07 Å². The molecule has 0 aliphatic carbocycles. The molecular weight excluding hydrogens is 304 g/mol. The van der Waals surface area contributed by atoms with E-state index in [4.69, 9.17) is 9.47 Å². The molecule has 0 unspecified atom stereocenters. The van der Waals surface area contributed by atoms with Crippen molar-refractivity contribution >= 4 is 11.6 Å². The standard InChI is InChI=1S/C19H20N2O3/c22-19(15-7-8-17-18(13-15)24-14-23-17)21-10-4-9-20(11-12-21)16-5-2-1-3-6-16/h1-3,5-8,13H,4,9-12,14H2. The summed E-state index contributed by atoms with van der Waals surface area (Å²) in [4.78, 5) is 17.1. The Morgan fingerprint density at radius 2 is 1.71 bits per heavy atom. The van der Waals surface area contributed by atoms with Crippen molar-refractivity contribution in [3.63, 3.8) is 0 Å².